The molecule has 1 fully saturated rings. The van der Waals surface area contributed by atoms with Gasteiger partial charge in [0, 0.05) is 29.6 Å². The van der Waals surface area contributed by atoms with Crippen molar-refractivity contribution in [1.29, 1.82) is 0 Å². The van der Waals surface area contributed by atoms with Crippen molar-refractivity contribution < 1.29 is 9.47 Å². The van der Waals surface area contributed by atoms with Gasteiger partial charge in [-0.2, -0.15) is 0 Å². The Balaban J connectivity index is 1.61. The van der Waals surface area contributed by atoms with Crippen LogP contribution in [-0.4, -0.2) is 56.0 Å². The maximum Gasteiger partial charge on any atom is 0.253 e. The zero-order valence-corrected chi connectivity index (χ0v) is 20.8. The molecule has 0 amide bonds. The number of pyridine rings is 1. The number of nitrogens with one attached hydrogen (secondary N) is 1. The third kappa shape index (κ3) is 5.17. The van der Waals surface area contributed by atoms with Crippen LogP contribution in [0.4, 0.5) is 0 Å². The molecule has 2 atom stereocenters. The predicted octanol–water partition coefficient (Wildman–Crippen LogP) is 3.70. The second-order valence-corrected chi connectivity index (χ2v) is 9.04. The van der Waals surface area contributed by atoms with Gasteiger partial charge in [0.2, 0.25) is 0 Å². The van der Waals surface area contributed by atoms with Crippen molar-refractivity contribution in [1.82, 2.24) is 30.1 Å². The summed E-state index contributed by atoms with van der Waals surface area (Å²) >= 11 is 0. The number of nitrogens with zero attached hydrogens (tertiary/aromatic N) is 5. The van der Waals surface area contributed by atoms with Crippen molar-refractivity contribution >= 4 is 10.9 Å². The second kappa shape index (κ2) is 11.0. The molecule has 0 spiro atoms. The molecule has 3 heterocycles. The molecule has 36 heavy (non-hydrogen) atoms. The Morgan fingerprint density at radius 3 is 2.81 bits per heavy atom. The zero-order chi connectivity index (χ0) is 24.9. The van der Waals surface area contributed by atoms with E-state index in [2.05, 4.69) is 44.5 Å². The van der Waals surface area contributed by atoms with Gasteiger partial charge in [0.15, 0.2) is 5.82 Å². The number of hydrogen-bond donors (Lipinski definition) is 1. The maximum atomic E-state index is 13.5. The highest BCUT2D eigenvalue weighted by atomic mass is 16.5. The molecule has 0 aliphatic carbocycles. The van der Waals surface area contributed by atoms with E-state index in [9.17, 15) is 4.79 Å². The molecule has 5 rings (SSSR count). The van der Waals surface area contributed by atoms with Gasteiger partial charge in [-0.3, -0.25) is 9.69 Å². The van der Waals surface area contributed by atoms with Crippen molar-refractivity contribution in [3.05, 3.63) is 81.9 Å². The van der Waals surface area contributed by atoms with Crippen LogP contribution in [-0.2, 0) is 17.8 Å². The molecule has 9 heteroatoms. The van der Waals surface area contributed by atoms with Crippen LogP contribution in [0.5, 0.6) is 5.75 Å². The summed E-state index contributed by atoms with van der Waals surface area (Å²) in [5, 5.41) is 13.6. The van der Waals surface area contributed by atoms with E-state index in [4.69, 9.17) is 9.47 Å². The van der Waals surface area contributed by atoms with Gasteiger partial charge in [-0.25, -0.2) is 4.68 Å². The summed E-state index contributed by atoms with van der Waals surface area (Å²) < 4.78 is 13.4. The number of H-pyrrole nitrogens is 1. The summed E-state index contributed by atoms with van der Waals surface area (Å²) in [5.74, 6) is 1.40. The molecule has 0 saturated carbocycles. The molecule has 4 aromatic rings. The van der Waals surface area contributed by atoms with Crippen LogP contribution in [0.1, 0.15) is 49.7 Å². The van der Waals surface area contributed by atoms with E-state index in [1.807, 2.05) is 49.4 Å². The molecule has 188 valence electrons. The fourth-order valence-corrected chi connectivity index (χ4v) is 4.88. The molecule has 0 radical (unpaired) electrons. The quantitative estimate of drug-likeness (QED) is 0.363. The summed E-state index contributed by atoms with van der Waals surface area (Å²) in [4.78, 5) is 18.8. The molecular formula is C27H32N6O3. The van der Waals surface area contributed by atoms with E-state index in [0.29, 0.717) is 37.6 Å². The topological polar surface area (TPSA) is 98.2 Å². The largest absolute Gasteiger partial charge is 0.494 e. The van der Waals surface area contributed by atoms with Crippen LogP contribution in [0.2, 0.25) is 0 Å². The van der Waals surface area contributed by atoms with Crippen LogP contribution >= 0.6 is 0 Å². The number of benzene rings is 2. The number of tetrazole rings is 1. The van der Waals surface area contributed by atoms with Gasteiger partial charge < -0.3 is 14.5 Å². The number of ether oxygens (including phenoxy) is 2. The standard InChI is InChI=1S/C27H32N6O3/c1-3-32(17-19-9-6-5-7-10-19)25(26-29-30-31-33(26)18-22-11-8-14-36-22)23-16-20-15-21(35-4-2)12-13-24(20)28-27(23)34/h5-7,9-10,12-13,15-16,22,25H,3-4,8,11,14,17-18H2,1-2H3,(H,28,34). The Hall–Kier alpha value is -3.56. The molecule has 1 saturated heterocycles. The van der Waals surface area contributed by atoms with Gasteiger partial charge in [-0.15, -0.1) is 5.10 Å². The molecule has 2 aromatic heterocycles. The number of aromatic amines is 1. The number of hydrogen-bond acceptors (Lipinski definition) is 7. The Kier molecular flexibility index (Phi) is 7.39. The number of fused-ring (bicyclic) bond motifs is 1. The maximum absolute atomic E-state index is 13.5. The van der Waals surface area contributed by atoms with Gasteiger partial charge in [0.1, 0.15) is 11.8 Å². The Bertz CT molecular complexity index is 1350. The average Bonchev–Trinajstić information content (AvgIpc) is 3.58. The van der Waals surface area contributed by atoms with Crippen molar-refractivity contribution in [2.75, 3.05) is 19.8 Å². The first kappa shape index (κ1) is 24.1. The smallest absolute Gasteiger partial charge is 0.253 e. The van der Waals surface area contributed by atoms with Gasteiger partial charge in [-0.05, 0) is 66.6 Å². The van der Waals surface area contributed by atoms with Crippen LogP contribution in [0.25, 0.3) is 10.9 Å². The Morgan fingerprint density at radius 2 is 2.06 bits per heavy atom. The highest BCUT2D eigenvalue weighted by Gasteiger charge is 2.31. The Labute approximate surface area is 210 Å². The average molecular weight is 489 g/mol. The zero-order valence-electron chi connectivity index (χ0n) is 20.8. The molecule has 1 aliphatic heterocycles. The summed E-state index contributed by atoms with van der Waals surface area (Å²) in [7, 11) is 0. The van der Waals surface area contributed by atoms with Gasteiger partial charge in [-0.1, -0.05) is 37.3 Å². The fourth-order valence-electron chi connectivity index (χ4n) is 4.88. The first-order chi connectivity index (χ1) is 17.7. The number of aromatic nitrogens is 5. The van der Waals surface area contributed by atoms with E-state index in [-0.39, 0.29) is 11.7 Å². The van der Waals surface area contributed by atoms with E-state index < -0.39 is 6.04 Å². The summed E-state index contributed by atoms with van der Waals surface area (Å²) in [6.45, 7) is 7.27. The SMILES string of the molecule is CCOc1ccc2[nH]c(=O)c(C(c3nnnn3CC3CCCO3)N(CC)Cc3ccccc3)cc2c1. The lowest BCUT2D eigenvalue weighted by Crippen LogP contribution is -2.35. The molecule has 9 nitrogen and oxygen atoms in total. The minimum absolute atomic E-state index is 0.0701. The third-order valence-electron chi connectivity index (χ3n) is 6.65. The Morgan fingerprint density at radius 1 is 1.19 bits per heavy atom. The van der Waals surface area contributed by atoms with Crippen LogP contribution < -0.4 is 10.3 Å². The fraction of sp³-hybridized carbons (Fsp3) is 0.407. The molecular weight excluding hydrogens is 456 g/mol. The summed E-state index contributed by atoms with van der Waals surface area (Å²) in [6.07, 6.45) is 2.08. The second-order valence-electron chi connectivity index (χ2n) is 9.04. The molecule has 1 N–H and O–H groups in total. The lowest BCUT2D eigenvalue weighted by atomic mass is 10.0. The predicted molar refractivity (Wildman–Crippen MR) is 137 cm³/mol. The van der Waals surface area contributed by atoms with E-state index >= 15 is 0 Å². The van der Waals surface area contributed by atoms with Crippen LogP contribution in [0.3, 0.4) is 0 Å². The van der Waals surface area contributed by atoms with Crippen molar-refractivity contribution in [3.63, 3.8) is 0 Å². The molecule has 2 unspecified atom stereocenters. The molecule has 1 aliphatic rings. The lowest BCUT2D eigenvalue weighted by molar-refractivity contribution is 0.0907. The van der Waals surface area contributed by atoms with E-state index in [1.54, 1.807) is 4.68 Å². The first-order valence-corrected chi connectivity index (χ1v) is 12.6. The van der Waals surface area contributed by atoms with Gasteiger partial charge >= 0.3 is 0 Å². The van der Waals surface area contributed by atoms with E-state index in [0.717, 1.165) is 41.7 Å². The van der Waals surface area contributed by atoms with E-state index in [1.165, 1.54) is 0 Å². The van der Waals surface area contributed by atoms with Crippen molar-refractivity contribution in [3.8, 4) is 5.75 Å². The molecule has 0 bridgehead atoms. The first-order valence-electron chi connectivity index (χ1n) is 12.6. The monoisotopic (exact) mass is 488 g/mol. The minimum Gasteiger partial charge on any atom is -0.494 e. The van der Waals surface area contributed by atoms with Crippen LogP contribution in [0.15, 0.2) is 59.4 Å². The van der Waals surface area contributed by atoms with Gasteiger partial charge in [0.05, 0.1) is 19.3 Å². The highest BCUT2D eigenvalue weighted by molar-refractivity contribution is 5.80. The highest BCUT2D eigenvalue weighted by Crippen LogP contribution is 2.29. The third-order valence-corrected chi connectivity index (χ3v) is 6.65. The van der Waals surface area contributed by atoms with Crippen molar-refractivity contribution in [2.24, 2.45) is 0 Å². The minimum atomic E-state index is -0.449. The van der Waals surface area contributed by atoms with Crippen LogP contribution in [0, 0.1) is 0 Å². The molecule has 2 aromatic carbocycles. The van der Waals surface area contributed by atoms with Crippen molar-refractivity contribution in [2.45, 2.75) is 51.9 Å². The van der Waals surface area contributed by atoms with Gasteiger partial charge in [0.25, 0.3) is 5.56 Å². The summed E-state index contributed by atoms with van der Waals surface area (Å²) in [6, 6.07) is 17.4. The lowest BCUT2D eigenvalue weighted by Gasteiger charge is -2.30. The normalized spacial score (nSPS) is 16.6. The number of rotatable bonds is 10. The summed E-state index contributed by atoms with van der Waals surface area (Å²) in [5.41, 5.74) is 2.35.